The zero-order valence-electron chi connectivity index (χ0n) is 8.98. The van der Waals surface area contributed by atoms with E-state index in [1.807, 2.05) is 0 Å². The molecule has 0 nitrogen and oxygen atoms in total. The molecule has 3 radical (unpaired) electrons. The molecule has 0 amide bonds. The highest BCUT2D eigenvalue weighted by atomic mass is 28.3. The Morgan fingerprint density at radius 1 is 1.54 bits per heavy atom. The largest absolute Gasteiger partial charge is 0.103 e. The van der Waals surface area contributed by atoms with E-state index in [2.05, 4.69) is 42.5 Å². The van der Waals surface area contributed by atoms with Crippen LogP contribution in [0.5, 0.6) is 0 Å². The molecule has 71 valence electrons. The van der Waals surface area contributed by atoms with Gasteiger partial charge in [-0.2, -0.15) is 0 Å². The van der Waals surface area contributed by atoms with Crippen LogP contribution >= 0.6 is 0 Å². The lowest BCUT2D eigenvalue weighted by atomic mass is 9.94. The van der Waals surface area contributed by atoms with Crippen LogP contribution in [0.1, 0.15) is 19.3 Å². The lowest BCUT2D eigenvalue weighted by Gasteiger charge is -2.30. The maximum atomic E-state index is 4.29. The minimum absolute atomic E-state index is 0.756. The first-order valence-electron chi connectivity index (χ1n) is 5.01. The molecule has 2 heteroatoms. The number of rotatable bonds is 2. The summed E-state index contributed by atoms with van der Waals surface area (Å²) in [6.45, 7) is 11.5. The van der Waals surface area contributed by atoms with Gasteiger partial charge >= 0.3 is 0 Å². The van der Waals surface area contributed by atoms with E-state index >= 15 is 0 Å². The van der Waals surface area contributed by atoms with Crippen LogP contribution in [0.15, 0.2) is 23.0 Å². The summed E-state index contributed by atoms with van der Waals surface area (Å²) in [6.07, 6.45) is 6.00. The lowest BCUT2D eigenvalue weighted by molar-refractivity contribution is 0.566. The molecule has 0 spiro atoms. The van der Waals surface area contributed by atoms with Gasteiger partial charge in [0.25, 0.3) is 0 Å². The molecule has 1 aliphatic carbocycles. The SMILES string of the molecule is C=C(C1CC=C([Si])CC1)[Si](C)(C)C. The number of allylic oxidation sites excluding steroid dienone is 3. The van der Waals surface area contributed by atoms with E-state index < -0.39 is 8.07 Å². The quantitative estimate of drug-likeness (QED) is 0.610. The zero-order valence-corrected chi connectivity index (χ0v) is 11.0. The predicted octanol–water partition coefficient (Wildman–Crippen LogP) is 3.27. The van der Waals surface area contributed by atoms with Crippen LogP contribution in [0.25, 0.3) is 0 Å². The fourth-order valence-electron chi connectivity index (χ4n) is 1.76. The second kappa shape index (κ2) is 3.97. The van der Waals surface area contributed by atoms with E-state index in [0.29, 0.717) is 0 Å². The van der Waals surface area contributed by atoms with Crippen LogP contribution in [0.4, 0.5) is 0 Å². The van der Waals surface area contributed by atoms with Gasteiger partial charge in [-0.05, 0) is 25.2 Å². The molecule has 1 unspecified atom stereocenters. The third-order valence-corrected chi connectivity index (χ3v) is 5.66. The smallest absolute Gasteiger partial charge is 0.0720 e. The van der Waals surface area contributed by atoms with Crippen molar-refractivity contribution < 1.29 is 0 Å². The van der Waals surface area contributed by atoms with Crippen molar-refractivity contribution in [1.82, 2.24) is 0 Å². The van der Waals surface area contributed by atoms with Gasteiger partial charge in [-0.3, -0.25) is 0 Å². The van der Waals surface area contributed by atoms with Crippen molar-refractivity contribution in [3.63, 3.8) is 0 Å². The van der Waals surface area contributed by atoms with E-state index in [0.717, 1.165) is 5.92 Å². The van der Waals surface area contributed by atoms with Crippen LogP contribution in [0.2, 0.25) is 19.6 Å². The molecule has 1 atom stereocenters. The molecule has 0 N–H and O–H groups in total. The Morgan fingerprint density at radius 2 is 2.15 bits per heavy atom. The van der Waals surface area contributed by atoms with Gasteiger partial charge < -0.3 is 0 Å². The average Bonchev–Trinajstić information content (AvgIpc) is 2.03. The van der Waals surface area contributed by atoms with Gasteiger partial charge in [-0.15, -0.1) is 6.58 Å². The summed E-state index contributed by atoms with van der Waals surface area (Å²) in [5.74, 6) is 0.756. The van der Waals surface area contributed by atoms with Crippen LogP contribution in [0.3, 0.4) is 0 Å². The number of hydrogen-bond acceptors (Lipinski definition) is 0. The fraction of sp³-hybridized carbons (Fsp3) is 0.636. The highest BCUT2D eigenvalue weighted by Gasteiger charge is 2.25. The Balaban J connectivity index is 2.61. The van der Waals surface area contributed by atoms with Crippen LogP contribution in [0, 0.1) is 5.92 Å². The van der Waals surface area contributed by atoms with Gasteiger partial charge in [-0.25, -0.2) is 0 Å². The molecule has 1 rings (SSSR count). The van der Waals surface area contributed by atoms with Gasteiger partial charge in [0.15, 0.2) is 0 Å². The molecule has 0 aromatic rings. The molecule has 0 bridgehead atoms. The summed E-state index contributed by atoms with van der Waals surface area (Å²) in [5, 5.41) is 2.92. The zero-order chi connectivity index (χ0) is 10.1. The molecular formula is C11H19Si2. The van der Waals surface area contributed by atoms with Crippen molar-refractivity contribution in [3.05, 3.63) is 23.0 Å². The first-order chi connectivity index (χ1) is 5.91. The third-order valence-electron chi connectivity index (χ3n) is 2.87. The van der Waals surface area contributed by atoms with Gasteiger partial charge in [0.1, 0.15) is 0 Å². The van der Waals surface area contributed by atoms with Crippen LogP contribution in [-0.2, 0) is 0 Å². The van der Waals surface area contributed by atoms with Gasteiger partial charge in [-0.1, -0.05) is 36.1 Å². The summed E-state index contributed by atoms with van der Waals surface area (Å²) < 4.78 is 0. The molecule has 0 aromatic carbocycles. The van der Waals surface area contributed by atoms with Crippen LogP contribution in [-0.4, -0.2) is 18.3 Å². The summed E-state index contributed by atoms with van der Waals surface area (Å²) in [5.41, 5.74) is 0. The summed E-state index contributed by atoms with van der Waals surface area (Å²) in [4.78, 5) is 0. The van der Waals surface area contributed by atoms with Gasteiger partial charge in [0, 0.05) is 0 Å². The molecule has 0 saturated carbocycles. The third kappa shape index (κ3) is 2.95. The Labute approximate surface area is 86.6 Å². The van der Waals surface area contributed by atoms with Crippen LogP contribution < -0.4 is 0 Å². The van der Waals surface area contributed by atoms with E-state index in [1.165, 1.54) is 24.5 Å². The number of hydrogen-bond donors (Lipinski definition) is 0. The maximum absolute atomic E-state index is 4.29. The molecule has 0 fully saturated rings. The molecule has 1 aliphatic rings. The van der Waals surface area contributed by atoms with Crippen molar-refractivity contribution in [1.29, 1.82) is 0 Å². The fourth-order valence-corrected chi connectivity index (χ4v) is 3.51. The molecule has 0 aromatic heterocycles. The van der Waals surface area contributed by atoms with Crippen molar-refractivity contribution in [2.75, 3.05) is 0 Å². The normalized spacial score (nSPS) is 24.0. The monoisotopic (exact) mass is 207 g/mol. The van der Waals surface area contributed by atoms with Crippen molar-refractivity contribution in [3.8, 4) is 0 Å². The topological polar surface area (TPSA) is 0 Å². The molecule has 0 aliphatic heterocycles. The van der Waals surface area contributed by atoms with E-state index in [1.54, 1.807) is 5.20 Å². The second-order valence-electron chi connectivity index (χ2n) is 4.98. The highest BCUT2D eigenvalue weighted by Crippen LogP contribution is 2.32. The van der Waals surface area contributed by atoms with E-state index in [4.69, 9.17) is 0 Å². The Bertz CT molecular complexity index is 233. The van der Waals surface area contributed by atoms with Gasteiger partial charge in [0.2, 0.25) is 0 Å². The molecule has 0 heterocycles. The maximum Gasteiger partial charge on any atom is 0.0720 e. The standard InChI is InChI=1S/C11H19Si2/c1-9(13(2,3)4)10-5-7-11(12)8-6-10/h7,10H,1,5-6,8H2,2-4H3. The first-order valence-corrected chi connectivity index (χ1v) is 9.01. The van der Waals surface area contributed by atoms with Crippen molar-refractivity contribution in [2.24, 2.45) is 5.92 Å². The highest BCUT2D eigenvalue weighted by molar-refractivity contribution is 6.83. The predicted molar refractivity (Wildman–Crippen MR) is 63.7 cm³/mol. The first kappa shape index (κ1) is 11.0. The summed E-state index contributed by atoms with van der Waals surface area (Å²) in [6, 6.07) is 0. The van der Waals surface area contributed by atoms with Crippen molar-refractivity contribution in [2.45, 2.75) is 38.9 Å². The van der Waals surface area contributed by atoms with E-state index in [9.17, 15) is 0 Å². The summed E-state index contributed by atoms with van der Waals surface area (Å²) >= 11 is 0. The molecular weight excluding hydrogens is 188 g/mol. The Morgan fingerprint density at radius 3 is 2.54 bits per heavy atom. The lowest BCUT2D eigenvalue weighted by Crippen LogP contribution is -2.29. The minimum atomic E-state index is -1.11. The Kier molecular flexibility index (Phi) is 3.35. The minimum Gasteiger partial charge on any atom is -0.103 e. The van der Waals surface area contributed by atoms with Crippen molar-refractivity contribution >= 4 is 18.3 Å². The summed E-state index contributed by atoms with van der Waals surface area (Å²) in [7, 11) is 2.50. The molecule has 0 saturated heterocycles. The van der Waals surface area contributed by atoms with E-state index in [-0.39, 0.29) is 0 Å². The Hall–Kier alpha value is -0.0862. The molecule has 13 heavy (non-hydrogen) atoms. The average molecular weight is 207 g/mol. The second-order valence-corrected chi connectivity index (χ2v) is 10.8. The van der Waals surface area contributed by atoms with Gasteiger partial charge in [0.05, 0.1) is 18.3 Å².